The van der Waals surface area contributed by atoms with Gasteiger partial charge in [0.25, 0.3) is 11.8 Å². The number of amides is 3. The first-order valence-corrected chi connectivity index (χ1v) is 8.84. The molecule has 1 heterocycles. The van der Waals surface area contributed by atoms with Gasteiger partial charge in [0.05, 0.1) is 13.2 Å². The SMILES string of the molecule is NCCOC1(OCCNC(=O)CCN2C(=O)C=CC2=O)CCCCC1. The second-order valence-corrected chi connectivity index (χ2v) is 6.22. The molecule has 0 aromatic heterocycles. The van der Waals surface area contributed by atoms with Gasteiger partial charge >= 0.3 is 0 Å². The van der Waals surface area contributed by atoms with Gasteiger partial charge in [0.15, 0.2) is 5.79 Å². The summed E-state index contributed by atoms with van der Waals surface area (Å²) in [5, 5.41) is 2.74. The highest BCUT2D eigenvalue weighted by molar-refractivity contribution is 6.13. The molecule has 2 rings (SSSR count). The highest BCUT2D eigenvalue weighted by atomic mass is 16.7. The maximum atomic E-state index is 11.8. The Labute approximate surface area is 147 Å². The number of rotatable bonds is 10. The zero-order chi connectivity index (χ0) is 18.1. The molecule has 1 aliphatic carbocycles. The normalized spacial score (nSPS) is 19.5. The van der Waals surface area contributed by atoms with Crippen LogP contribution in [0.25, 0.3) is 0 Å². The Kier molecular flexibility index (Phi) is 7.54. The zero-order valence-electron chi connectivity index (χ0n) is 14.5. The van der Waals surface area contributed by atoms with Crippen molar-refractivity contribution in [3.8, 4) is 0 Å². The van der Waals surface area contributed by atoms with Gasteiger partial charge in [-0.15, -0.1) is 0 Å². The second kappa shape index (κ2) is 9.65. The Bertz CT molecular complexity index is 496. The average molecular weight is 353 g/mol. The van der Waals surface area contributed by atoms with E-state index in [2.05, 4.69) is 5.32 Å². The predicted molar refractivity (Wildman–Crippen MR) is 90.3 cm³/mol. The summed E-state index contributed by atoms with van der Waals surface area (Å²) in [5.41, 5.74) is 5.51. The first-order valence-electron chi connectivity index (χ1n) is 8.84. The molecule has 0 unspecified atom stereocenters. The van der Waals surface area contributed by atoms with Gasteiger partial charge in [0.2, 0.25) is 5.91 Å². The smallest absolute Gasteiger partial charge is 0.253 e. The Hall–Kier alpha value is -1.77. The van der Waals surface area contributed by atoms with E-state index in [1.165, 1.54) is 18.6 Å². The molecule has 2 aliphatic rings. The van der Waals surface area contributed by atoms with Gasteiger partial charge < -0.3 is 20.5 Å². The van der Waals surface area contributed by atoms with Gasteiger partial charge in [-0.25, -0.2) is 0 Å². The van der Waals surface area contributed by atoms with Crippen molar-refractivity contribution in [2.75, 3.05) is 32.8 Å². The van der Waals surface area contributed by atoms with Crippen LogP contribution < -0.4 is 11.1 Å². The van der Waals surface area contributed by atoms with E-state index in [0.717, 1.165) is 30.6 Å². The summed E-state index contributed by atoms with van der Waals surface area (Å²) in [7, 11) is 0. The topological polar surface area (TPSA) is 111 Å². The van der Waals surface area contributed by atoms with Crippen LogP contribution in [0.2, 0.25) is 0 Å². The van der Waals surface area contributed by atoms with Crippen LogP contribution in [0.4, 0.5) is 0 Å². The fourth-order valence-corrected chi connectivity index (χ4v) is 3.05. The molecule has 25 heavy (non-hydrogen) atoms. The molecule has 0 bridgehead atoms. The third-order valence-electron chi connectivity index (χ3n) is 4.35. The summed E-state index contributed by atoms with van der Waals surface area (Å²) in [6, 6.07) is 0. The molecule has 1 aliphatic heterocycles. The minimum atomic E-state index is -0.581. The highest BCUT2D eigenvalue weighted by Gasteiger charge is 2.33. The molecule has 0 spiro atoms. The molecule has 0 atom stereocenters. The fourth-order valence-electron chi connectivity index (χ4n) is 3.05. The van der Waals surface area contributed by atoms with Gasteiger partial charge in [-0.1, -0.05) is 6.42 Å². The number of imide groups is 1. The van der Waals surface area contributed by atoms with Crippen LogP contribution in [-0.2, 0) is 23.9 Å². The molecule has 0 aromatic rings. The molecule has 140 valence electrons. The van der Waals surface area contributed by atoms with Crippen LogP contribution in [0.1, 0.15) is 38.5 Å². The summed E-state index contributed by atoms with van der Waals surface area (Å²) in [6.07, 6.45) is 7.47. The summed E-state index contributed by atoms with van der Waals surface area (Å²) < 4.78 is 11.7. The quantitative estimate of drug-likeness (QED) is 0.327. The van der Waals surface area contributed by atoms with E-state index < -0.39 is 5.79 Å². The van der Waals surface area contributed by atoms with E-state index in [9.17, 15) is 14.4 Å². The second-order valence-electron chi connectivity index (χ2n) is 6.22. The van der Waals surface area contributed by atoms with Crippen molar-refractivity contribution >= 4 is 17.7 Å². The lowest BCUT2D eigenvalue weighted by Gasteiger charge is -2.37. The molecule has 3 amide bonds. The Balaban J connectivity index is 1.64. The van der Waals surface area contributed by atoms with E-state index in [4.69, 9.17) is 15.2 Å². The summed E-state index contributed by atoms with van der Waals surface area (Å²) in [6.45, 7) is 1.69. The van der Waals surface area contributed by atoms with Crippen LogP contribution in [0.3, 0.4) is 0 Å². The van der Waals surface area contributed by atoms with Crippen LogP contribution in [0, 0.1) is 0 Å². The molecule has 3 N–H and O–H groups in total. The standard InChI is InChI=1S/C17H27N3O5/c18-9-12-24-17(7-2-1-3-8-17)25-13-10-19-14(21)6-11-20-15(22)4-5-16(20)23/h4-5H,1-3,6-13,18H2,(H,19,21). The number of ether oxygens (including phenoxy) is 2. The molecule has 0 saturated heterocycles. The molecular formula is C17H27N3O5. The number of hydrogen-bond acceptors (Lipinski definition) is 6. The largest absolute Gasteiger partial charge is 0.354 e. The van der Waals surface area contributed by atoms with Crippen molar-refractivity contribution < 1.29 is 23.9 Å². The zero-order valence-corrected chi connectivity index (χ0v) is 14.5. The summed E-state index contributed by atoms with van der Waals surface area (Å²) in [5.74, 6) is -1.56. The molecule has 8 nitrogen and oxygen atoms in total. The Morgan fingerprint density at radius 2 is 1.76 bits per heavy atom. The Morgan fingerprint density at radius 1 is 1.12 bits per heavy atom. The van der Waals surface area contributed by atoms with Crippen molar-refractivity contribution in [1.82, 2.24) is 10.2 Å². The molecule has 0 radical (unpaired) electrons. The van der Waals surface area contributed by atoms with Gasteiger partial charge in [-0.05, 0) is 12.8 Å². The van der Waals surface area contributed by atoms with E-state index in [1.807, 2.05) is 0 Å². The number of carbonyl (C=O) groups is 3. The maximum absolute atomic E-state index is 11.8. The number of nitrogens with zero attached hydrogens (tertiary/aromatic N) is 1. The van der Waals surface area contributed by atoms with Gasteiger partial charge in [0, 0.05) is 51.0 Å². The van der Waals surface area contributed by atoms with Gasteiger partial charge in [-0.2, -0.15) is 0 Å². The third kappa shape index (κ3) is 5.91. The minimum absolute atomic E-state index is 0.0774. The monoisotopic (exact) mass is 353 g/mol. The van der Waals surface area contributed by atoms with E-state index in [1.54, 1.807) is 0 Å². The minimum Gasteiger partial charge on any atom is -0.354 e. The Morgan fingerprint density at radius 3 is 2.40 bits per heavy atom. The maximum Gasteiger partial charge on any atom is 0.253 e. The number of nitrogens with one attached hydrogen (secondary N) is 1. The van der Waals surface area contributed by atoms with Gasteiger partial charge in [0.1, 0.15) is 0 Å². The van der Waals surface area contributed by atoms with Crippen molar-refractivity contribution in [1.29, 1.82) is 0 Å². The lowest BCUT2D eigenvalue weighted by molar-refractivity contribution is -0.250. The molecular weight excluding hydrogens is 326 g/mol. The highest BCUT2D eigenvalue weighted by Crippen LogP contribution is 2.32. The summed E-state index contributed by atoms with van der Waals surface area (Å²) in [4.78, 5) is 35.7. The number of nitrogens with two attached hydrogens (primary N) is 1. The van der Waals surface area contributed by atoms with E-state index in [0.29, 0.717) is 26.3 Å². The van der Waals surface area contributed by atoms with Crippen LogP contribution in [0.5, 0.6) is 0 Å². The van der Waals surface area contributed by atoms with Crippen LogP contribution in [-0.4, -0.2) is 61.3 Å². The first-order chi connectivity index (χ1) is 12.1. The van der Waals surface area contributed by atoms with Crippen molar-refractivity contribution in [2.24, 2.45) is 5.73 Å². The molecule has 1 saturated carbocycles. The lowest BCUT2D eigenvalue weighted by atomic mass is 9.94. The number of hydrogen-bond donors (Lipinski definition) is 2. The van der Waals surface area contributed by atoms with Crippen LogP contribution in [0.15, 0.2) is 12.2 Å². The number of carbonyl (C=O) groups excluding carboxylic acids is 3. The average Bonchev–Trinajstić information content (AvgIpc) is 2.94. The lowest BCUT2D eigenvalue weighted by Crippen LogP contribution is -2.42. The molecule has 8 heteroatoms. The fraction of sp³-hybridized carbons (Fsp3) is 0.706. The van der Waals surface area contributed by atoms with Crippen molar-refractivity contribution in [2.45, 2.75) is 44.3 Å². The van der Waals surface area contributed by atoms with E-state index >= 15 is 0 Å². The van der Waals surface area contributed by atoms with Gasteiger partial charge in [-0.3, -0.25) is 19.3 Å². The molecule has 1 fully saturated rings. The predicted octanol–water partition coefficient (Wildman–Crippen LogP) is 0.0700. The van der Waals surface area contributed by atoms with Crippen molar-refractivity contribution in [3.63, 3.8) is 0 Å². The molecule has 0 aromatic carbocycles. The third-order valence-corrected chi connectivity index (χ3v) is 4.35. The van der Waals surface area contributed by atoms with Crippen molar-refractivity contribution in [3.05, 3.63) is 12.2 Å². The first kappa shape index (κ1) is 19.6. The van der Waals surface area contributed by atoms with Crippen LogP contribution >= 0.6 is 0 Å². The summed E-state index contributed by atoms with van der Waals surface area (Å²) >= 11 is 0. The van der Waals surface area contributed by atoms with E-state index in [-0.39, 0.29) is 30.7 Å².